The number of rotatable bonds is 6. The minimum absolute atomic E-state index is 0. The zero-order chi connectivity index (χ0) is 17.6. The zero-order valence-corrected chi connectivity index (χ0v) is 14.2. The van der Waals surface area contributed by atoms with Crippen molar-refractivity contribution in [1.29, 1.82) is 0 Å². The molecule has 0 aliphatic carbocycles. The van der Waals surface area contributed by atoms with Crippen LogP contribution in [-0.4, -0.2) is 0 Å². The van der Waals surface area contributed by atoms with Crippen LogP contribution in [-0.2, 0) is 12.8 Å². The van der Waals surface area contributed by atoms with Gasteiger partial charge in [0.25, 0.3) is 0 Å². The average Bonchev–Trinajstić information content (AvgIpc) is 2.56. The van der Waals surface area contributed by atoms with Crippen LogP contribution in [0, 0.1) is 0 Å². The Morgan fingerprint density at radius 2 is 1.16 bits per heavy atom. The van der Waals surface area contributed by atoms with Crippen molar-refractivity contribution in [3.63, 3.8) is 0 Å². The fraction of sp³-hybridized carbons (Fsp3) is 0.333. The largest absolute Gasteiger partial charge is 0.428 e. The van der Waals surface area contributed by atoms with E-state index < -0.39 is 0 Å². The lowest BCUT2D eigenvalue weighted by Gasteiger charge is -1.93. The maximum absolute atomic E-state index is 10.7. The van der Waals surface area contributed by atoms with E-state index in [-0.39, 0.29) is 18.7 Å². The van der Waals surface area contributed by atoms with Crippen molar-refractivity contribution >= 4 is 0 Å². The second-order valence-electron chi connectivity index (χ2n) is 5.04. The second-order valence-corrected chi connectivity index (χ2v) is 5.04. The first-order valence-electron chi connectivity index (χ1n) is 8.06. The highest BCUT2D eigenvalue weighted by Crippen LogP contribution is 2.00. The molecule has 2 aromatic heterocycles. The van der Waals surface area contributed by atoms with E-state index in [4.69, 9.17) is 8.83 Å². The van der Waals surface area contributed by atoms with Gasteiger partial charge in [-0.15, -0.1) is 0 Å². The van der Waals surface area contributed by atoms with E-state index in [1.807, 2.05) is 50.3 Å². The number of hydrogen-bond donors (Lipinski definition) is 0. The molecule has 4 heteroatoms. The summed E-state index contributed by atoms with van der Waals surface area (Å²) in [6.45, 7) is 3.95. The van der Waals surface area contributed by atoms with Crippen molar-refractivity contribution in [2.75, 3.05) is 0 Å². The molecule has 0 amide bonds. The molecule has 0 bridgehead atoms. The van der Waals surface area contributed by atoms with Crippen molar-refractivity contribution < 1.29 is 8.83 Å². The van der Waals surface area contributed by atoms with Gasteiger partial charge in [0.15, 0.2) is 0 Å². The van der Waals surface area contributed by atoms with E-state index in [9.17, 15) is 9.59 Å². The predicted molar refractivity (Wildman–Crippen MR) is 103 cm³/mol. The molecular weight excluding hydrogens is 316 g/mol. The Labute approximate surface area is 149 Å². The maximum atomic E-state index is 10.7. The van der Waals surface area contributed by atoms with Crippen molar-refractivity contribution in [2.24, 2.45) is 0 Å². The van der Waals surface area contributed by atoms with E-state index in [2.05, 4.69) is 0 Å². The van der Waals surface area contributed by atoms with Crippen LogP contribution in [0.4, 0.5) is 0 Å². The van der Waals surface area contributed by atoms with E-state index in [0.29, 0.717) is 0 Å². The fourth-order valence-corrected chi connectivity index (χ4v) is 1.92. The van der Waals surface area contributed by atoms with Gasteiger partial charge in [-0.25, -0.2) is 9.59 Å². The van der Waals surface area contributed by atoms with E-state index in [1.54, 1.807) is 12.1 Å². The molecule has 0 aromatic carbocycles. The van der Waals surface area contributed by atoms with Crippen molar-refractivity contribution in [1.82, 2.24) is 0 Å². The molecular formula is C21H28O4. The van der Waals surface area contributed by atoms with Crippen LogP contribution < -0.4 is 11.3 Å². The van der Waals surface area contributed by atoms with Gasteiger partial charge >= 0.3 is 11.3 Å². The third kappa shape index (κ3) is 10.7. The summed E-state index contributed by atoms with van der Waals surface area (Å²) in [6.07, 6.45) is 11.5. The van der Waals surface area contributed by atoms with E-state index in [1.165, 1.54) is 12.1 Å². The van der Waals surface area contributed by atoms with Gasteiger partial charge in [0.2, 0.25) is 0 Å². The Hall–Kier alpha value is -2.62. The molecule has 2 heterocycles. The van der Waals surface area contributed by atoms with Crippen LogP contribution in [0.25, 0.3) is 0 Å². The van der Waals surface area contributed by atoms with Crippen molar-refractivity contribution in [2.45, 2.75) is 47.0 Å². The lowest BCUT2D eigenvalue weighted by molar-refractivity contribution is 0.459. The molecule has 136 valence electrons. The first-order valence-corrected chi connectivity index (χ1v) is 8.06. The minimum Gasteiger partial charge on any atom is -0.428 e. The molecule has 0 aliphatic rings. The lowest BCUT2D eigenvalue weighted by atomic mass is 10.2. The Kier molecular flexibility index (Phi) is 12.3. The summed E-state index contributed by atoms with van der Waals surface area (Å²) in [5.74, 6) is 1.50. The van der Waals surface area contributed by atoms with Gasteiger partial charge in [-0.1, -0.05) is 43.9 Å². The number of aryl methyl sites for hydroxylation is 2. The Morgan fingerprint density at radius 3 is 1.48 bits per heavy atom. The first-order chi connectivity index (χ1) is 11.7. The molecule has 0 radical (unpaired) electrons. The van der Waals surface area contributed by atoms with Crippen LogP contribution in [0.3, 0.4) is 0 Å². The monoisotopic (exact) mass is 344 g/mol. The molecule has 0 fully saturated rings. The van der Waals surface area contributed by atoms with Crippen LogP contribution in [0.15, 0.2) is 79.1 Å². The topological polar surface area (TPSA) is 60.4 Å². The summed E-state index contributed by atoms with van der Waals surface area (Å²) in [5, 5.41) is 0. The first kappa shape index (κ1) is 22.4. The summed E-state index contributed by atoms with van der Waals surface area (Å²) in [5.41, 5.74) is -0.541. The number of allylic oxidation sites excluding steroid dienone is 4. The molecule has 25 heavy (non-hydrogen) atoms. The summed E-state index contributed by atoms with van der Waals surface area (Å²) < 4.78 is 9.87. The van der Waals surface area contributed by atoms with Gasteiger partial charge in [0, 0.05) is 25.0 Å². The Bertz CT molecular complexity index is 685. The minimum atomic E-state index is -0.270. The second kappa shape index (κ2) is 13.8. The van der Waals surface area contributed by atoms with Crippen molar-refractivity contribution in [3.8, 4) is 0 Å². The van der Waals surface area contributed by atoms with Crippen LogP contribution in [0.1, 0.15) is 45.6 Å². The molecule has 0 atom stereocenters. The SMILES string of the molecule is C.C/C=C/CCc1cccc(=O)o1.C/C=C\CCc1cccc(=O)o1. The summed E-state index contributed by atoms with van der Waals surface area (Å²) in [4.78, 5) is 21.5. The van der Waals surface area contributed by atoms with Gasteiger partial charge in [-0.2, -0.15) is 0 Å². The van der Waals surface area contributed by atoms with Crippen LogP contribution in [0.2, 0.25) is 0 Å². The Morgan fingerprint density at radius 1 is 0.760 bits per heavy atom. The van der Waals surface area contributed by atoms with E-state index in [0.717, 1.165) is 37.2 Å². The number of hydrogen-bond acceptors (Lipinski definition) is 4. The molecule has 0 aliphatic heterocycles. The third-order valence-corrected chi connectivity index (χ3v) is 3.08. The van der Waals surface area contributed by atoms with Gasteiger partial charge in [0.1, 0.15) is 11.5 Å². The van der Waals surface area contributed by atoms with Gasteiger partial charge in [-0.05, 0) is 38.8 Å². The zero-order valence-electron chi connectivity index (χ0n) is 14.2. The molecule has 0 spiro atoms. The summed E-state index contributed by atoms with van der Waals surface area (Å²) >= 11 is 0. The highest BCUT2D eigenvalue weighted by atomic mass is 16.4. The summed E-state index contributed by atoms with van der Waals surface area (Å²) in [6, 6.07) is 9.92. The van der Waals surface area contributed by atoms with Crippen molar-refractivity contribution in [3.05, 3.63) is 93.1 Å². The van der Waals surface area contributed by atoms with Crippen LogP contribution >= 0.6 is 0 Å². The molecule has 2 aromatic rings. The summed E-state index contributed by atoms with van der Waals surface area (Å²) in [7, 11) is 0. The molecule has 4 nitrogen and oxygen atoms in total. The Balaban J connectivity index is 0.000000443. The molecule has 0 saturated carbocycles. The molecule has 0 saturated heterocycles. The molecule has 0 unspecified atom stereocenters. The predicted octanol–water partition coefficient (Wildman–Crippen LogP) is 4.93. The van der Waals surface area contributed by atoms with E-state index >= 15 is 0 Å². The fourth-order valence-electron chi connectivity index (χ4n) is 1.92. The average molecular weight is 344 g/mol. The van der Waals surface area contributed by atoms with Gasteiger partial charge in [-0.3, -0.25) is 0 Å². The van der Waals surface area contributed by atoms with Gasteiger partial charge in [0.05, 0.1) is 0 Å². The molecule has 0 N–H and O–H groups in total. The maximum Gasteiger partial charge on any atom is 0.335 e. The lowest BCUT2D eigenvalue weighted by Crippen LogP contribution is -1.97. The highest BCUT2D eigenvalue weighted by Gasteiger charge is 1.93. The highest BCUT2D eigenvalue weighted by molar-refractivity contribution is 5.01. The molecule has 2 rings (SSSR count). The normalized spacial score (nSPS) is 10.3. The van der Waals surface area contributed by atoms with Crippen LogP contribution in [0.5, 0.6) is 0 Å². The standard InChI is InChI=1S/2C10H12O2.CH4/c2*1-2-3-4-6-9-7-5-8-10(11)12-9;/h2*2-3,5,7-8H,4,6H2,1H3;1H4/b3-2+;3-2-;. The quantitative estimate of drug-likeness (QED) is 0.697. The third-order valence-electron chi connectivity index (χ3n) is 3.08. The van der Waals surface area contributed by atoms with Gasteiger partial charge < -0.3 is 8.83 Å². The smallest absolute Gasteiger partial charge is 0.335 e.